The molecule has 20 heavy (non-hydrogen) atoms. The lowest BCUT2D eigenvalue weighted by Crippen LogP contribution is -2.31. The second kappa shape index (κ2) is 9.35. The molecule has 0 amide bonds. The highest BCUT2D eigenvalue weighted by Gasteiger charge is 2.09. The maximum Gasteiger partial charge on any atom is 0.0897 e. The summed E-state index contributed by atoms with van der Waals surface area (Å²) in [5.74, 6) is 0.616. The van der Waals surface area contributed by atoms with Crippen molar-refractivity contribution in [2.24, 2.45) is 5.92 Å². The van der Waals surface area contributed by atoms with Crippen molar-refractivity contribution in [2.75, 3.05) is 13.2 Å². The summed E-state index contributed by atoms with van der Waals surface area (Å²) >= 11 is 5.83. The molecule has 114 valence electrons. The van der Waals surface area contributed by atoms with Crippen LogP contribution in [0.2, 0.25) is 5.02 Å². The van der Waals surface area contributed by atoms with Crippen molar-refractivity contribution in [1.29, 1.82) is 0 Å². The minimum atomic E-state index is -0.475. The van der Waals surface area contributed by atoms with Gasteiger partial charge in [0.25, 0.3) is 0 Å². The molecule has 1 rings (SSSR count). The van der Waals surface area contributed by atoms with Crippen LogP contribution in [0.4, 0.5) is 0 Å². The zero-order valence-electron chi connectivity index (χ0n) is 12.6. The molecule has 2 N–H and O–H groups in total. The maximum atomic E-state index is 9.85. The Balaban J connectivity index is 2.13. The minimum absolute atomic E-state index is 0.195. The minimum Gasteiger partial charge on any atom is -0.389 e. The highest BCUT2D eigenvalue weighted by molar-refractivity contribution is 6.30. The van der Waals surface area contributed by atoms with Gasteiger partial charge in [0.15, 0.2) is 0 Å². The molecule has 0 saturated carbocycles. The second-order valence-corrected chi connectivity index (χ2v) is 6.12. The lowest BCUT2D eigenvalue weighted by atomic mass is 10.1. The molecule has 0 aromatic heterocycles. The predicted molar refractivity (Wildman–Crippen MR) is 84.0 cm³/mol. The molecule has 0 aliphatic rings. The van der Waals surface area contributed by atoms with Crippen LogP contribution in [0.15, 0.2) is 24.3 Å². The molecule has 0 bridgehead atoms. The summed E-state index contributed by atoms with van der Waals surface area (Å²) in [4.78, 5) is 0. The molecule has 1 aromatic carbocycles. The van der Waals surface area contributed by atoms with Crippen LogP contribution in [0.3, 0.4) is 0 Å². The van der Waals surface area contributed by atoms with Crippen LogP contribution >= 0.6 is 11.6 Å². The third-order valence-electron chi connectivity index (χ3n) is 3.00. The first-order chi connectivity index (χ1) is 9.47. The smallest absolute Gasteiger partial charge is 0.0897 e. The summed E-state index contributed by atoms with van der Waals surface area (Å²) in [7, 11) is 0. The second-order valence-electron chi connectivity index (χ2n) is 5.68. The van der Waals surface area contributed by atoms with Gasteiger partial charge >= 0.3 is 0 Å². The van der Waals surface area contributed by atoms with Crippen molar-refractivity contribution in [1.82, 2.24) is 5.32 Å². The number of nitrogens with one attached hydrogen (secondary N) is 1. The van der Waals surface area contributed by atoms with E-state index in [-0.39, 0.29) is 6.10 Å². The lowest BCUT2D eigenvalue weighted by Gasteiger charge is -2.18. The number of ether oxygens (including phenoxy) is 1. The number of benzene rings is 1. The van der Waals surface area contributed by atoms with E-state index >= 15 is 0 Å². The fourth-order valence-corrected chi connectivity index (χ4v) is 2.18. The Morgan fingerprint density at radius 3 is 2.45 bits per heavy atom. The van der Waals surface area contributed by atoms with Crippen molar-refractivity contribution < 1.29 is 9.84 Å². The Hall–Kier alpha value is -0.610. The van der Waals surface area contributed by atoms with Crippen LogP contribution in [-0.4, -0.2) is 30.5 Å². The zero-order chi connectivity index (χ0) is 15.0. The van der Waals surface area contributed by atoms with Crippen LogP contribution in [0.25, 0.3) is 0 Å². The Labute approximate surface area is 127 Å². The quantitative estimate of drug-likeness (QED) is 0.735. The van der Waals surface area contributed by atoms with Crippen LogP contribution in [0.1, 0.15) is 32.8 Å². The SMILES string of the molecule is CC(C)CC(C)OCC(O)CNCc1ccc(Cl)cc1. The first-order valence-corrected chi connectivity index (χ1v) is 7.60. The molecule has 0 spiro atoms. The number of rotatable bonds is 9. The molecule has 3 nitrogen and oxygen atoms in total. The van der Waals surface area contributed by atoms with Gasteiger partial charge in [0.2, 0.25) is 0 Å². The van der Waals surface area contributed by atoms with E-state index in [0.717, 1.165) is 23.6 Å². The molecule has 2 unspecified atom stereocenters. The third-order valence-corrected chi connectivity index (χ3v) is 3.25. The van der Waals surface area contributed by atoms with Crippen molar-refractivity contribution >= 4 is 11.6 Å². The molecule has 2 atom stereocenters. The zero-order valence-corrected chi connectivity index (χ0v) is 13.4. The monoisotopic (exact) mass is 299 g/mol. The van der Waals surface area contributed by atoms with Gasteiger partial charge in [-0.25, -0.2) is 0 Å². The molecule has 0 aliphatic carbocycles. The van der Waals surface area contributed by atoms with E-state index in [4.69, 9.17) is 16.3 Å². The van der Waals surface area contributed by atoms with Crippen molar-refractivity contribution in [3.05, 3.63) is 34.9 Å². The first kappa shape index (κ1) is 17.4. The highest BCUT2D eigenvalue weighted by atomic mass is 35.5. The van der Waals surface area contributed by atoms with Crippen LogP contribution in [-0.2, 0) is 11.3 Å². The van der Waals surface area contributed by atoms with Gasteiger partial charge in [-0.3, -0.25) is 0 Å². The van der Waals surface area contributed by atoms with Crippen LogP contribution < -0.4 is 5.32 Å². The van der Waals surface area contributed by atoms with E-state index in [0.29, 0.717) is 19.1 Å². The Morgan fingerprint density at radius 1 is 1.20 bits per heavy atom. The molecule has 0 radical (unpaired) electrons. The van der Waals surface area contributed by atoms with Crippen LogP contribution in [0, 0.1) is 5.92 Å². The topological polar surface area (TPSA) is 41.5 Å². The van der Waals surface area contributed by atoms with Crippen molar-refractivity contribution in [3.8, 4) is 0 Å². The van der Waals surface area contributed by atoms with E-state index in [2.05, 4.69) is 19.2 Å². The average Bonchev–Trinajstić information content (AvgIpc) is 2.38. The van der Waals surface area contributed by atoms with Gasteiger partial charge in [-0.2, -0.15) is 0 Å². The highest BCUT2D eigenvalue weighted by Crippen LogP contribution is 2.09. The number of aliphatic hydroxyl groups is 1. The van der Waals surface area contributed by atoms with Gasteiger partial charge < -0.3 is 15.2 Å². The summed E-state index contributed by atoms with van der Waals surface area (Å²) in [6.45, 7) is 8.01. The summed E-state index contributed by atoms with van der Waals surface area (Å²) in [6.07, 6.45) is 0.739. The van der Waals surface area contributed by atoms with E-state index < -0.39 is 6.10 Å². The summed E-state index contributed by atoms with van der Waals surface area (Å²) in [6, 6.07) is 7.68. The van der Waals surface area contributed by atoms with Gasteiger partial charge in [-0.05, 0) is 37.0 Å². The van der Waals surface area contributed by atoms with Gasteiger partial charge in [0, 0.05) is 18.1 Å². The van der Waals surface area contributed by atoms with Crippen LogP contribution in [0.5, 0.6) is 0 Å². The average molecular weight is 300 g/mol. The maximum absolute atomic E-state index is 9.85. The van der Waals surface area contributed by atoms with E-state index in [9.17, 15) is 5.11 Å². The fraction of sp³-hybridized carbons (Fsp3) is 0.625. The lowest BCUT2D eigenvalue weighted by molar-refractivity contribution is -0.00857. The molecule has 4 heteroatoms. The molecule has 1 aromatic rings. The number of hydrogen-bond donors (Lipinski definition) is 2. The predicted octanol–water partition coefficient (Wildman–Crippen LogP) is 3.24. The molecule has 0 fully saturated rings. The largest absolute Gasteiger partial charge is 0.389 e. The summed E-state index contributed by atoms with van der Waals surface area (Å²) in [5.41, 5.74) is 1.15. The van der Waals surface area contributed by atoms with E-state index in [1.54, 1.807) is 0 Å². The Morgan fingerprint density at radius 2 is 1.85 bits per heavy atom. The molecule has 0 aliphatic heterocycles. The molecular formula is C16H26ClNO2. The number of aliphatic hydroxyl groups excluding tert-OH is 1. The van der Waals surface area contributed by atoms with Crippen molar-refractivity contribution in [3.63, 3.8) is 0 Å². The molecule has 0 heterocycles. The molecule has 0 saturated heterocycles. The normalized spacial score (nSPS) is 14.5. The van der Waals surface area contributed by atoms with Gasteiger partial charge in [0.05, 0.1) is 18.8 Å². The van der Waals surface area contributed by atoms with Gasteiger partial charge in [-0.1, -0.05) is 37.6 Å². The molecular weight excluding hydrogens is 274 g/mol. The fourth-order valence-electron chi connectivity index (χ4n) is 2.05. The first-order valence-electron chi connectivity index (χ1n) is 7.22. The Bertz CT molecular complexity index is 367. The van der Waals surface area contributed by atoms with Crippen molar-refractivity contribution in [2.45, 2.75) is 45.9 Å². The summed E-state index contributed by atoms with van der Waals surface area (Å²) in [5, 5.41) is 13.8. The standard InChI is InChI=1S/C16H26ClNO2/c1-12(2)8-13(3)20-11-16(19)10-18-9-14-4-6-15(17)7-5-14/h4-7,12-13,16,18-19H,8-11H2,1-3H3. The van der Waals surface area contributed by atoms with Gasteiger partial charge in [-0.15, -0.1) is 0 Å². The Kier molecular flexibility index (Phi) is 8.15. The number of halogens is 1. The van der Waals surface area contributed by atoms with Gasteiger partial charge in [0.1, 0.15) is 0 Å². The van der Waals surface area contributed by atoms with E-state index in [1.165, 1.54) is 0 Å². The summed E-state index contributed by atoms with van der Waals surface area (Å²) < 4.78 is 5.63. The number of hydrogen-bond acceptors (Lipinski definition) is 3. The third kappa shape index (κ3) is 7.85. The van der Waals surface area contributed by atoms with E-state index in [1.807, 2.05) is 31.2 Å².